The summed E-state index contributed by atoms with van der Waals surface area (Å²) >= 11 is 11.9. The predicted octanol–water partition coefficient (Wildman–Crippen LogP) is 2.83. The highest BCUT2D eigenvalue weighted by Gasteiger charge is 2.12. The van der Waals surface area contributed by atoms with E-state index in [0.717, 1.165) is 5.56 Å². The molecule has 0 fully saturated rings. The van der Waals surface area contributed by atoms with E-state index < -0.39 is 0 Å². The van der Waals surface area contributed by atoms with Gasteiger partial charge in [0.15, 0.2) is 5.82 Å². The molecule has 0 aliphatic carbocycles. The molecular weight excluding hydrogens is 247 g/mol. The fourth-order valence-electron chi connectivity index (χ4n) is 1.45. The van der Waals surface area contributed by atoms with E-state index in [2.05, 4.69) is 15.5 Å². The number of nitrogens with one attached hydrogen (secondary N) is 1. The van der Waals surface area contributed by atoms with Crippen LogP contribution in [0.1, 0.15) is 0 Å². The van der Waals surface area contributed by atoms with Gasteiger partial charge in [0.1, 0.15) is 0 Å². The Morgan fingerprint density at radius 2 is 2.00 bits per heavy atom. The summed E-state index contributed by atoms with van der Waals surface area (Å²) in [4.78, 5) is 0. The molecule has 0 bridgehead atoms. The van der Waals surface area contributed by atoms with Crippen molar-refractivity contribution in [1.82, 2.24) is 14.8 Å². The molecule has 0 amide bonds. The first-order valence-corrected chi connectivity index (χ1v) is 5.41. The second-order valence-electron chi connectivity index (χ2n) is 3.28. The van der Waals surface area contributed by atoms with Crippen molar-refractivity contribution < 1.29 is 0 Å². The molecule has 1 heterocycles. The Morgan fingerprint density at radius 3 is 2.56 bits per heavy atom. The van der Waals surface area contributed by atoms with E-state index in [0.29, 0.717) is 21.8 Å². The number of hydrogen-bond acceptors (Lipinski definition) is 3. The summed E-state index contributed by atoms with van der Waals surface area (Å²) < 4.78 is 1.83. The number of aromatic nitrogens is 3. The maximum atomic E-state index is 6.10. The highest BCUT2D eigenvalue weighted by Crippen LogP contribution is 2.29. The van der Waals surface area contributed by atoms with E-state index in [9.17, 15) is 0 Å². The van der Waals surface area contributed by atoms with E-state index in [1.807, 2.05) is 17.7 Å². The highest BCUT2D eigenvalue weighted by atomic mass is 35.5. The lowest BCUT2D eigenvalue weighted by Gasteiger charge is -2.05. The second-order valence-corrected chi connectivity index (χ2v) is 4.12. The lowest BCUT2D eigenvalue weighted by molar-refractivity contribution is 0.925. The summed E-state index contributed by atoms with van der Waals surface area (Å²) in [6.07, 6.45) is 0. The summed E-state index contributed by atoms with van der Waals surface area (Å²) in [5.74, 6) is 1.38. The zero-order valence-electron chi connectivity index (χ0n) is 8.83. The van der Waals surface area contributed by atoms with Crippen LogP contribution in [0.5, 0.6) is 0 Å². The van der Waals surface area contributed by atoms with E-state index >= 15 is 0 Å². The molecule has 0 atom stereocenters. The molecule has 1 aromatic carbocycles. The summed E-state index contributed by atoms with van der Waals surface area (Å²) in [6.45, 7) is 0. The number of nitrogens with zero attached hydrogens (tertiary/aromatic N) is 3. The van der Waals surface area contributed by atoms with E-state index in [4.69, 9.17) is 23.2 Å². The van der Waals surface area contributed by atoms with Crippen LogP contribution in [0, 0.1) is 0 Å². The molecule has 1 aromatic heterocycles. The van der Waals surface area contributed by atoms with Gasteiger partial charge in [0.2, 0.25) is 5.95 Å². The fourth-order valence-corrected chi connectivity index (χ4v) is 1.95. The average molecular weight is 257 g/mol. The third-order valence-corrected chi connectivity index (χ3v) is 2.82. The number of benzene rings is 1. The zero-order chi connectivity index (χ0) is 11.7. The Kier molecular flexibility index (Phi) is 3.03. The van der Waals surface area contributed by atoms with Crippen LogP contribution in [-0.2, 0) is 7.05 Å². The summed E-state index contributed by atoms with van der Waals surface area (Å²) in [5, 5.41) is 12.2. The van der Waals surface area contributed by atoms with Gasteiger partial charge < -0.3 is 5.32 Å². The maximum absolute atomic E-state index is 6.10. The minimum atomic E-state index is 0.561. The monoisotopic (exact) mass is 256 g/mol. The van der Waals surface area contributed by atoms with Gasteiger partial charge in [-0.1, -0.05) is 23.2 Å². The highest BCUT2D eigenvalue weighted by molar-refractivity contribution is 6.36. The SMILES string of the molecule is CNc1nnc(-c2ccc(Cl)cc2Cl)n1C. The van der Waals surface area contributed by atoms with Gasteiger partial charge in [0.05, 0.1) is 5.02 Å². The lowest BCUT2D eigenvalue weighted by atomic mass is 10.2. The first-order valence-electron chi connectivity index (χ1n) is 4.66. The Morgan fingerprint density at radius 1 is 1.25 bits per heavy atom. The normalized spacial score (nSPS) is 10.5. The fraction of sp³-hybridized carbons (Fsp3) is 0.200. The number of rotatable bonds is 2. The standard InChI is InChI=1S/C10H10Cl2N4/c1-13-10-15-14-9(16(10)2)7-4-3-6(11)5-8(7)12/h3-5H,1-2H3,(H,13,15). The minimum absolute atomic E-state index is 0.561. The molecule has 0 saturated carbocycles. The van der Waals surface area contributed by atoms with Crippen molar-refractivity contribution >= 4 is 29.2 Å². The Hall–Kier alpha value is -1.26. The van der Waals surface area contributed by atoms with Gasteiger partial charge in [0, 0.05) is 24.7 Å². The quantitative estimate of drug-likeness (QED) is 0.899. The third kappa shape index (κ3) is 1.86. The van der Waals surface area contributed by atoms with E-state index in [1.165, 1.54) is 0 Å². The van der Waals surface area contributed by atoms with Crippen LogP contribution in [0.15, 0.2) is 18.2 Å². The molecule has 0 saturated heterocycles. The van der Waals surface area contributed by atoms with Crippen LogP contribution in [0.4, 0.5) is 5.95 Å². The lowest BCUT2D eigenvalue weighted by Crippen LogP contribution is -1.99. The van der Waals surface area contributed by atoms with Crippen LogP contribution in [0.3, 0.4) is 0 Å². The van der Waals surface area contributed by atoms with Gasteiger partial charge >= 0.3 is 0 Å². The number of halogens is 2. The Balaban J connectivity index is 2.54. The van der Waals surface area contributed by atoms with Crippen LogP contribution in [0.2, 0.25) is 10.0 Å². The maximum Gasteiger partial charge on any atom is 0.224 e. The molecule has 0 radical (unpaired) electrons. The molecule has 0 spiro atoms. The van der Waals surface area contributed by atoms with Crippen molar-refractivity contribution in [1.29, 1.82) is 0 Å². The summed E-state index contributed by atoms with van der Waals surface area (Å²) in [6, 6.07) is 5.29. The molecule has 16 heavy (non-hydrogen) atoms. The topological polar surface area (TPSA) is 42.7 Å². The molecule has 1 N–H and O–H groups in total. The minimum Gasteiger partial charge on any atom is -0.357 e. The largest absolute Gasteiger partial charge is 0.357 e. The van der Waals surface area contributed by atoms with Crippen LogP contribution < -0.4 is 5.32 Å². The smallest absolute Gasteiger partial charge is 0.224 e. The first-order chi connectivity index (χ1) is 7.63. The molecule has 84 valence electrons. The Labute approximate surface area is 103 Å². The van der Waals surface area contributed by atoms with Crippen molar-refractivity contribution in [3.8, 4) is 11.4 Å². The molecule has 2 rings (SSSR count). The van der Waals surface area contributed by atoms with Crippen molar-refractivity contribution in [2.75, 3.05) is 12.4 Å². The van der Waals surface area contributed by atoms with Crippen LogP contribution in [0.25, 0.3) is 11.4 Å². The van der Waals surface area contributed by atoms with E-state index in [1.54, 1.807) is 19.2 Å². The molecule has 0 unspecified atom stereocenters. The van der Waals surface area contributed by atoms with Gasteiger partial charge in [-0.2, -0.15) is 0 Å². The molecule has 0 aliphatic heterocycles. The van der Waals surface area contributed by atoms with Crippen molar-refractivity contribution in [3.63, 3.8) is 0 Å². The van der Waals surface area contributed by atoms with Gasteiger partial charge in [-0.05, 0) is 18.2 Å². The van der Waals surface area contributed by atoms with Gasteiger partial charge in [0.25, 0.3) is 0 Å². The first kappa shape index (κ1) is 11.2. The van der Waals surface area contributed by atoms with Crippen molar-refractivity contribution in [2.45, 2.75) is 0 Å². The number of anilines is 1. The van der Waals surface area contributed by atoms with Gasteiger partial charge in [-0.3, -0.25) is 4.57 Å². The summed E-state index contributed by atoms with van der Waals surface area (Å²) in [5.41, 5.74) is 0.808. The molecule has 6 heteroatoms. The molecule has 2 aromatic rings. The molecule has 4 nitrogen and oxygen atoms in total. The summed E-state index contributed by atoms with van der Waals surface area (Å²) in [7, 11) is 3.66. The second kappa shape index (κ2) is 4.31. The van der Waals surface area contributed by atoms with Crippen molar-refractivity contribution in [3.05, 3.63) is 28.2 Å². The van der Waals surface area contributed by atoms with Crippen LogP contribution in [-0.4, -0.2) is 21.8 Å². The van der Waals surface area contributed by atoms with Crippen LogP contribution >= 0.6 is 23.2 Å². The van der Waals surface area contributed by atoms with E-state index in [-0.39, 0.29) is 0 Å². The van der Waals surface area contributed by atoms with Crippen molar-refractivity contribution in [2.24, 2.45) is 7.05 Å². The van der Waals surface area contributed by atoms with Gasteiger partial charge in [-0.15, -0.1) is 10.2 Å². The number of hydrogen-bond donors (Lipinski definition) is 1. The molecule has 0 aliphatic rings. The zero-order valence-corrected chi connectivity index (χ0v) is 10.3. The third-order valence-electron chi connectivity index (χ3n) is 2.27. The average Bonchev–Trinajstić information content (AvgIpc) is 2.60. The predicted molar refractivity (Wildman–Crippen MR) is 66.0 cm³/mol. The molecular formula is C10H10Cl2N4. The van der Waals surface area contributed by atoms with Gasteiger partial charge in [-0.25, -0.2) is 0 Å². The Bertz CT molecular complexity index is 522.